The van der Waals surface area contributed by atoms with Crippen LogP contribution >= 0.6 is 0 Å². The summed E-state index contributed by atoms with van der Waals surface area (Å²) >= 11 is 0. The SMILES string of the molecule is Cc1cc(C#N)nc(N2CCN(S(=O)(=O)c3ccc(N)cc3)CC2)n1. The van der Waals surface area contributed by atoms with Gasteiger partial charge in [0.25, 0.3) is 0 Å². The van der Waals surface area contributed by atoms with Crippen molar-refractivity contribution in [2.75, 3.05) is 36.8 Å². The van der Waals surface area contributed by atoms with Crippen molar-refractivity contribution in [1.29, 1.82) is 5.26 Å². The molecule has 1 aliphatic heterocycles. The summed E-state index contributed by atoms with van der Waals surface area (Å²) < 4.78 is 26.8. The molecule has 0 aliphatic carbocycles. The number of nitrogens with two attached hydrogens (primary N) is 1. The molecule has 1 saturated heterocycles. The van der Waals surface area contributed by atoms with Gasteiger partial charge in [-0.25, -0.2) is 18.4 Å². The number of rotatable bonds is 3. The molecule has 0 saturated carbocycles. The predicted octanol–water partition coefficient (Wildman–Crippen LogP) is 0.750. The van der Waals surface area contributed by atoms with Crippen molar-refractivity contribution in [1.82, 2.24) is 14.3 Å². The zero-order valence-electron chi connectivity index (χ0n) is 13.8. The number of hydrogen-bond acceptors (Lipinski definition) is 7. The van der Waals surface area contributed by atoms with Gasteiger partial charge in [0.1, 0.15) is 11.8 Å². The zero-order valence-corrected chi connectivity index (χ0v) is 14.6. The summed E-state index contributed by atoms with van der Waals surface area (Å²) in [5, 5.41) is 9.02. The molecule has 25 heavy (non-hydrogen) atoms. The highest BCUT2D eigenvalue weighted by Crippen LogP contribution is 2.20. The predicted molar refractivity (Wildman–Crippen MR) is 93.3 cm³/mol. The number of hydrogen-bond donors (Lipinski definition) is 1. The van der Waals surface area contributed by atoms with Gasteiger partial charge in [-0.15, -0.1) is 0 Å². The van der Waals surface area contributed by atoms with Crippen molar-refractivity contribution in [3.63, 3.8) is 0 Å². The third-order valence-corrected chi connectivity index (χ3v) is 5.91. The maximum absolute atomic E-state index is 12.7. The topological polar surface area (TPSA) is 116 Å². The van der Waals surface area contributed by atoms with E-state index in [-0.39, 0.29) is 4.90 Å². The summed E-state index contributed by atoms with van der Waals surface area (Å²) in [7, 11) is -3.55. The van der Waals surface area contributed by atoms with Crippen molar-refractivity contribution in [2.45, 2.75) is 11.8 Å². The second-order valence-corrected chi connectivity index (χ2v) is 7.70. The van der Waals surface area contributed by atoms with Crippen LogP contribution in [0.25, 0.3) is 0 Å². The molecule has 1 aliphatic rings. The molecule has 1 aromatic heterocycles. The molecule has 0 atom stereocenters. The maximum atomic E-state index is 12.7. The Labute approximate surface area is 146 Å². The summed E-state index contributed by atoms with van der Waals surface area (Å²) in [5.74, 6) is 0.459. The van der Waals surface area contributed by atoms with E-state index in [4.69, 9.17) is 11.0 Å². The normalized spacial score (nSPS) is 15.8. The first-order valence-electron chi connectivity index (χ1n) is 7.76. The fourth-order valence-electron chi connectivity index (χ4n) is 2.67. The number of sulfonamides is 1. The zero-order chi connectivity index (χ0) is 18.0. The molecule has 9 heteroatoms. The average Bonchev–Trinajstić information content (AvgIpc) is 2.61. The number of nitrogens with zero attached hydrogens (tertiary/aromatic N) is 5. The van der Waals surface area contributed by atoms with E-state index in [0.29, 0.717) is 49.2 Å². The van der Waals surface area contributed by atoms with Crippen molar-refractivity contribution in [3.8, 4) is 6.07 Å². The van der Waals surface area contributed by atoms with Gasteiger partial charge in [0.05, 0.1) is 4.90 Å². The lowest BCUT2D eigenvalue weighted by molar-refractivity contribution is 0.382. The van der Waals surface area contributed by atoms with Gasteiger partial charge in [-0.2, -0.15) is 9.57 Å². The molecular weight excluding hydrogens is 340 g/mol. The Morgan fingerprint density at radius 2 is 1.76 bits per heavy atom. The highest BCUT2D eigenvalue weighted by molar-refractivity contribution is 7.89. The number of anilines is 2. The van der Waals surface area contributed by atoms with Crippen LogP contribution in [0, 0.1) is 18.3 Å². The van der Waals surface area contributed by atoms with Gasteiger partial charge >= 0.3 is 0 Å². The van der Waals surface area contributed by atoms with Crippen LogP contribution < -0.4 is 10.6 Å². The summed E-state index contributed by atoms with van der Waals surface area (Å²) in [5.41, 5.74) is 7.15. The Morgan fingerprint density at radius 1 is 1.12 bits per heavy atom. The molecule has 2 heterocycles. The third-order valence-electron chi connectivity index (χ3n) is 4.00. The van der Waals surface area contributed by atoms with Gasteiger partial charge < -0.3 is 10.6 Å². The van der Waals surface area contributed by atoms with E-state index in [2.05, 4.69) is 9.97 Å². The molecule has 130 valence electrons. The van der Waals surface area contributed by atoms with E-state index in [1.165, 1.54) is 16.4 Å². The van der Waals surface area contributed by atoms with Crippen LogP contribution in [0.15, 0.2) is 35.2 Å². The quantitative estimate of drug-likeness (QED) is 0.805. The van der Waals surface area contributed by atoms with E-state index >= 15 is 0 Å². The van der Waals surface area contributed by atoms with Crippen LogP contribution in [0.2, 0.25) is 0 Å². The van der Waals surface area contributed by atoms with E-state index in [9.17, 15) is 8.42 Å². The Balaban J connectivity index is 1.74. The lowest BCUT2D eigenvalue weighted by Gasteiger charge is -2.34. The number of aryl methyl sites for hydroxylation is 1. The van der Waals surface area contributed by atoms with Gasteiger partial charge in [0, 0.05) is 37.6 Å². The molecule has 0 radical (unpaired) electrons. The van der Waals surface area contributed by atoms with E-state index in [0.717, 1.165) is 0 Å². The molecular formula is C16H18N6O2S. The van der Waals surface area contributed by atoms with Crippen LogP contribution in [-0.2, 0) is 10.0 Å². The Bertz CT molecular complexity index is 913. The van der Waals surface area contributed by atoms with Crippen LogP contribution in [0.1, 0.15) is 11.4 Å². The molecule has 1 fully saturated rings. The van der Waals surface area contributed by atoms with Crippen LogP contribution in [0.3, 0.4) is 0 Å². The summed E-state index contributed by atoms with van der Waals surface area (Å²) in [6, 6.07) is 9.81. The molecule has 0 unspecified atom stereocenters. The first-order valence-corrected chi connectivity index (χ1v) is 9.20. The van der Waals surface area contributed by atoms with Crippen LogP contribution in [0.5, 0.6) is 0 Å². The summed E-state index contributed by atoms with van der Waals surface area (Å²) in [6.07, 6.45) is 0. The minimum absolute atomic E-state index is 0.230. The molecule has 0 amide bonds. The fraction of sp³-hybridized carbons (Fsp3) is 0.312. The van der Waals surface area contributed by atoms with E-state index in [1.807, 2.05) is 11.0 Å². The van der Waals surface area contributed by atoms with Gasteiger partial charge in [0.2, 0.25) is 16.0 Å². The number of piperazine rings is 1. The molecule has 2 N–H and O–H groups in total. The molecule has 3 rings (SSSR count). The number of aromatic nitrogens is 2. The lowest BCUT2D eigenvalue weighted by atomic mass is 10.3. The highest BCUT2D eigenvalue weighted by Gasteiger charge is 2.29. The largest absolute Gasteiger partial charge is 0.399 e. The Kier molecular flexibility index (Phi) is 4.57. The monoisotopic (exact) mass is 358 g/mol. The first kappa shape index (κ1) is 17.1. The van der Waals surface area contributed by atoms with Gasteiger partial charge in [0.15, 0.2) is 0 Å². The van der Waals surface area contributed by atoms with Gasteiger partial charge in [-0.05, 0) is 37.3 Å². The highest BCUT2D eigenvalue weighted by atomic mass is 32.2. The lowest BCUT2D eigenvalue weighted by Crippen LogP contribution is -2.49. The van der Waals surface area contributed by atoms with Crippen molar-refractivity contribution in [3.05, 3.63) is 41.7 Å². The summed E-state index contributed by atoms with van der Waals surface area (Å²) in [4.78, 5) is 10.7. The Morgan fingerprint density at radius 3 is 2.36 bits per heavy atom. The molecule has 1 aromatic carbocycles. The molecule has 8 nitrogen and oxygen atoms in total. The van der Waals surface area contributed by atoms with Crippen molar-refractivity contribution < 1.29 is 8.42 Å². The van der Waals surface area contributed by atoms with Crippen LogP contribution in [-0.4, -0.2) is 48.9 Å². The second kappa shape index (κ2) is 6.66. The first-order chi connectivity index (χ1) is 11.9. The standard InChI is InChI=1S/C16H18N6O2S/c1-12-10-14(11-17)20-16(19-12)21-6-8-22(9-7-21)25(23,24)15-4-2-13(18)3-5-15/h2-5,10H,6-9,18H2,1H3. The van der Waals surface area contributed by atoms with Gasteiger partial charge in [-0.1, -0.05) is 0 Å². The number of nitriles is 1. The van der Waals surface area contributed by atoms with E-state index < -0.39 is 10.0 Å². The average molecular weight is 358 g/mol. The van der Waals surface area contributed by atoms with Crippen LogP contribution in [0.4, 0.5) is 11.6 Å². The number of nitrogen functional groups attached to an aromatic ring is 1. The summed E-state index contributed by atoms with van der Waals surface area (Å²) in [6.45, 7) is 3.37. The fourth-order valence-corrected chi connectivity index (χ4v) is 4.09. The second-order valence-electron chi connectivity index (χ2n) is 5.77. The maximum Gasteiger partial charge on any atom is 0.243 e. The van der Waals surface area contributed by atoms with Crippen molar-refractivity contribution >= 4 is 21.7 Å². The van der Waals surface area contributed by atoms with E-state index in [1.54, 1.807) is 25.1 Å². The van der Waals surface area contributed by atoms with Crippen molar-refractivity contribution in [2.24, 2.45) is 0 Å². The smallest absolute Gasteiger partial charge is 0.243 e. The van der Waals surface area contributed by atoms with Gasteiger partial charge in [-0.3, -0.25) is 0 Å². The molecule has 2 aromatic rings. The number of benzene rings is 1. The third kappa shape index (κ3) is 3.55. The minimum Gasteiger partial charge on any atom is -0.399 e. The minimum atomic E-state index is -3.55. The Hall–Kier alpha value is -2.70. The molecule has 0 spiro atoms. The molecule has 0 bridgehead atoms.